The maximum atomic E-state index is 12.5. The van der Waals surface area contributed by atoms with E-state index in [0.29, 0.717) is 11.1 Å². The molecule has 4 nitrogen and oxygen atoms in total. The lowest BCUT2D eigenvalue weighted by Crippen LogP contribution is -2.05. The van der Waals surface area contributed by atoms with Crippen LogP contribution in [0.5, 0.6) is 5.75 Å². The van der Waals surface area contributed by atoms with Gasteiger partial charge in [-0.3, -0.25) is 4.79 Å². The van der Waals surface area contributed by atoms with E-state index in [-0.39, 0.29) is 5.78 Å². The van der Waals surface area contributed by atoms with Crippen molar-refractivity contribution in [3.05, 3.63) is 65.2 Å². The van der Waals surface area contributed by atoms with Gasteiger partial charge in [-0.1, -0.05) is 29.4 Å². The minimum Gasteiger partial charge on any atom is -0.497 e. The molecule has 0 aliphatic carbocycles. The lowest BCUT2D eigenvalue weighted by molar-refractivity contribution is 0.103. The molecule has 4 heteroatoms. The molecule has 0 saturated carbocycles. The predicted octanol–water partition coefficient (Wildman–Crippen LogP) is 2.91. The third-order valence-corrected chi connectivity index (χ3v) is 2.85. The molecule has 20 heavy (non-hydrogen) atoms. The molecule has 0 radical (unpaired) electrons. The quantitative estimate of drug-likeness (QED) is 0.476. The molecule has 2 aromatic carbocycles. The van der Waals surface area contributed by atoms with Crippen LogP contribution in [0, 0.1) is 0 Å². The molecule has 0 aromatic heterocycles. The Hall–Kier alpha value is -2.62. The summed E-state index contributed by atoms with van der Waals surface area (Å²) in [5.74, 6) is 0.654. The summed E-state index contributed by atoms with van der Waals surface area (Å²) in [7, 11) is 3.05. The van der Waals surface area contributed by atoms with E-state index in [4.69, 9.17) is 4.74 Å². The van der Waals surface area contributed by atoms with Crippen LogP contribution >= 0.6 is 0 Å². The van der Waals surface area contributed by atoms with Crippen LogP contribution in [0.3, 0.4) is 0 Å². The molecule has 0 atom stereocenters. The van der Waals surface area contributed by atoms with Crippen LogP contribution < -0.4 is 4.74 Å². The summed E-state index contributed by atoms with van der Waals surface area (Å²) in [6.45, 7) is 0. The van der Waals surface area contributed by atoms with Crippen LogP contribution in [0.1, 0.15) is 21.5 Å². The fraction of sp³-hybridized carbons (Fsp3) is 0.125. The number of oxime groups is 1. The zero-order valence-electron chi connectivity index (χ0n) is 11.4. The van der Waals surface area contributed by atoms with Gasteiger partial charge in [0.25, 0.3) is 0 Å². The second kappa shape index (κ2) is 6.52. The Morgan fingerprint density at radius 1 is 1.05 bits per heavy atom. The number of rotatable bonds is 5. The highest BCUT2D eigenvalue weighted by Gasteiger charge is 2.12. The normalized spacial score (nSPS) is 10.5. The Balaban J connectivity index is 2.34. The van der Waals surface area contributed by atoms with E-state index in [1.807, 2.05) is 18.2 Å². The number of nitrogens with zero attached hydrogens (tertiary/aromatic N) is 1. The summed E-state index contributed by atoms with van der Waals surface area (Å²) in [6.07, 6.45) is 1.52. The number of benzene rings is 2. The topological polar surface area (TPSA) is 47.9 Å². The van der Waals surface area contributed by atoms with Crippen molar-refractivity contribution in [1.29, 1.82) is 0 Å². The van der Waals surface area contributed by atoms with Gasteiger partial charge < -0.3 is 9.57 Å². The molecule has 0 unspecified atom stereocenters. The Bertz CT molecular complexity index is 618. The van der Waals surface area contributed by atoms with Crippen molar-refractivity contribution in [3.8, 4) is 5.75 Å². The lowest BCUT2D eigenvalue weighted by atomic mass is 9.99. The Labute approximate surface area is 117 Å². The average Bonchev–Trinajstić information content (AvgIpc) is 2.52. The summed E-state index contributed by atoms with van der Waals surface area (Å²) < 4.78 is 5.08. The average molecular weight is 269 g/mol. The van der Waals surface area contributed by atoms with E-state index < -0.39 is 0 Å². The molecule has 102 valence electrons. The smallest absolute Gasteiger partial charge is 0.193 e. The van der Waals surface area contributed by atoms with Crippen molar-refractivity contribution in [2.24, 2.45) is 5.16 Å². The first-order valence-corrected chi connectivity index (χ1v) is 6.10. The van der Waals surface area contributed by atoms with Crippen LogP contribution in [0.25, 0.3) is 0 Å². The molecule has 0 spiro atoms. The van der Waals surface area contributed by atoms with Crippen LogP contribution in [0.4, 0.5) is 0 Å². The SMILES string of the molecule is CO/N=C/c1ccccc1C(=O)c1ccc(OC)cc1. The standard InChI is InChI=1S/C16H15NO3/c1-19-14-9-7-12(8-10-14)16(18)15-6-4-3-5-13(15)11-17-20-2/h3-11H,1-2H3/b17-11+. The van der Waals surface area contributed by atoms with Gasteiger partial charge in [-0.2, -0.15) is 0 Å². The van der Waals surface area contributed by atoms with Gasteiger partial charge in [0.1, 0.15) is 12.9 Å². The minimum absolute atomic E-state index is 0.0641. The lowest BCUT2D eigenvalue weighted by Gasteiger charge is -2.06. The molecule has 0 heterocycles. The molecule has 0 fully saturated rings. The van der Waals surface area contributed by atoms with Crippen molar-refractivity contribution < 1.29 is 14.4 Å². The molecule has 0 saturated heterocycles. The predicted molar refractivity (Wildman–Crippen MR) is 77.5 cm³/mol. The van der Waals surface area contributed by atoms with Crippen molar-refractivity contribution in [1.82, 2.24) is 0 Å². The second-order valence-electron chi connectivity index (χ2n) is 4.06. The van der Waals surface area contributed by atoms with Crippen LogP contribution in [0.15, 0.2) is 53.7 Å². The van der Waals surface area contributed by atoms with E-state index >= 15 is 0 Å². The maximum absolute atomic E-state index is 12.5. The first kappa shape index (κ1) is 13.8. The van der Waals surface area contributed by atoms with Crippen molar-refractivity contribution >= 4 is 12.0 Å². The Morgan fingerprint density at radius 3 is 2.40 bits per heavy atom. The zero-order chi connectivity index (χ0) is 14.4. The third-order valence-electron chi connectivity index (χ3n) is 2.85. The van der Waals surface area contributed by atoms with Gasteiger partial charge in [0, 0.05) is 16.7 Å². The summed E-state index contributed by atoms with van der Waals surface area (Å²) in [6, 6.07) is 14.3. The van der Waals surface area contributed by atoms with E-state index in [1.54, 1.807) is 37.4 Å². The molecule has 0 aliphatic heterocycles. The summed E-state index contributed by atoms with van der Waals surface area (Å²) in [4.78, 5) is 17.1. The zero-order valence-corrected chi connectivity index (χ0v) is 11.4. The van der Waals surface area contributed by atoms with E-state index in [2.05, 4.69) is 9.99 Å². The number of methoxy groups -OCH3 is 1. The van der Waals surface area contributed by atoms with Crippen LogP contribution in [-0.2, 0) is 4.84 Å². The minimum atomic E-state index is -0.0641. The van der Waals surface area contributed by atoms with Gasteiger partial charge in [-0.15, -0.1) is 0 Å². The highest BCUT2D eigenvalue weighted by Crippen LogP contribution is 2.17. The molecule has 0 N–H and O–H groups in total. The summed E-state index contributed by atoms with van der Waals surface area (Å²) in [5.41, 5.74) is 1.90. The van der Waals surface area contributed by atoms with Crippen molar-refractivity contribution in [3.63, 3.8) is 0 Å². The molecule has 2 aromatic rings. The fourth-order valence-electron chi connectivity index (χ4n) is 1.82. The molecule has 0 amide bonds. The van der Waals surface area contributed by atoms with Crippen LogP contribution in [0.2, 0.25) is 0 Å². The van der Waals surface area contributed by atoms with Gasteiger partial charge >= 0.3 is 0 Å². The Kier molecular flexibility index (Phi) is 4.50. The number of hydrogen-bond donors (Lipinski definition) is 0. The van der Waals surface area contributed by atoms with Crippen molar-refractivity contribution in [2.75, 3.05) is 14.2 Å². The van der Waals surface area contributed by atoms with Gasteiger partial charge in [0.2, 0.25) is 0 Å². The molecule has 2 rings (SSSR count). The fourth-order valence-corrected chi connectivity index (χ4v) is 1.82. The van der Waals surface area contributed by atoms with Gasteiger partial charge in [-0.25, -0.2) is 0 Å². The number of ketones is 1. The van der Waals surface area contributed by atoms with E-state index in [0.717, 1.165) is 11.3 Å². The number of ether oxygens (including phenoxy) is 1. The van der Waals surface area contributed by atoms with Gasteiger partial charge in [0.05, 0.1) is 13.3 Å². The molecule has 0 aliphatic rings. The molecule has 0 bridgehead atoms. The van der Waals surface area contributed by atoms with Crippen LogP contribution in [-0.4, -0.2) is 26.2 Å². The molecular formula is C16H15NO3. The first-order chi connectivity index (χ1) is 9.76. The van der Waals surface area contributed by atoms with Gasteiger partial charge in [0.15, 0.2) is 5.78 Å². The maximum Gasteiger partial charge on any atom is 0.193 e. The highest BCUT2D eigenvalue weighted by atomic mass is 16.6. The van der Waals surface area contributed by atoms with E-state index in [9.17, 15) is 4.79 Å². The van der Waals surface area contributed by atoms with E-state index in [1.165, 1.54) is 13.3 Å². The first-order valence-electron chi connectivity index (χ1n) is 6.10. The monoisotopic (exact) mass is 269 g/mol. The number of carbonyl (C=O) groups is 1. The number of hydrogen-bond acceptors (Lipinski definition) is 4. The summed E-state index contributed by atoms with van der Waals surface area (Å²) in [5, 5.41) is 3.71. The van der Waals surface area contributed by atoms with Crippen molar-refractivity contribution in [2.45, 2.75) is 0 Å². The largest absolute Gasteiger partial charge is 0.497 e. The highest BCUT2D eigenvalue weighted by molar-refractivity contribution is 6.13. The third kappa shape index (κ3) is 3.03. The van der Waals surface area contributed by atoms with Gasteiger partial charge in [-0.05, 0) is 24.3 Å². The second-order valence-corrected chi connectivity index (χ2v) is 4.06. The molecular weight excluding hydrogens is 254 g/mol. The summed E-state index contributed by atoms with van der Waals surface area (Å²) >= 11 is 0. The number of carbonyl (C=O) groups excluding carboxylic acids is 1. The Morgan fingerprint density at radius 2 is 1.75 bits per heavy atom.